The van der Waals surface area contributed by atoms with E-state index in [1.54, 1.807) is 13.1 Å². The second kappa shape index (κ2) is 2.98. The second-order valence-corrected chi connectivity index (χ2v) is 2.59. The van der Waals surface area contributed by atoms with Crippen molar-refractivity contribution in [3.63, 3.8) is 0 Å². The summed E-state index contributed by atoms with van der Waals surface area (Å²) in [5, 5.41) is 17.6. The van der Waals surface area contributed by atoms with Crippen molar-refractivity contribution >= 4 is 0 Å². The minimum Gasteiger partial charge on any atom is -0.363 e. The molecule has 0 radical (unpaired) electrons. The molecular weight excluding hydrogens is 142 g/mol. The Balaban J connectivity index is 3.09. The number of aromatic nitrogens is 1. The largest absolute Gasteiger partial charge is 0.363 e. The van der Waals surface area contributed by atoms with Gasteiger partial charge in [0.25, 0.3) is 0 Å². The molecule has 0 aliphatic carbocycles. The molecule has 0 unspecified atom stereocenters. The Bertz CT molecular complexity index is 258. The van der Waals surface area contributed by atoms with Gasteiger partial charge in [-0.3, -0.25) is 4.98 Å². The summed E-state index contributed by atoms with van der Waals surface area (Å²) in [5.74, 6) is 0. The van der Waals surface area contributed by atoms with Gasteiger partial charge in [-0.25, -0.2) is 0 Å². The van der Waals surface area contributed by atoms with Gasteiger partial charge in [0.05, 0.1) is 5.69 Å². The quantitative estimate of drug-likeness (QED) is 0.583. The van der Waals surface area contributed by atoms with E-state index in [0.717, 1.165) is 11.1 Å². The number of aliphatic hydroxyl groups is 2. The van der Waals surface area contributed by atoms with Crippen molar-refractivity contribution in [2.45, 2.75) is 20.1 Å². The topological polar surface area (TPSA) is 53.4 Å². The molecule has 0 amide bonds. The number of nitrogens with zero attached hydrogens (tertiary/aromatic N) is 1. The summed E-state index contributed by atoms with van der Waals surface area (Å²) < 4.78 is 0. The van der Waals surface area contributed by atoms with Crippen LogP contribution in [0.15, 0.2) is 12.3 Å². The summed E-state index contributed by atoms with van der Waals surface area (Å²) in [6.45, 7) is 3.71. The summed E-state index contributed by atoms with van der Waals surface area (Å²) in [7, 11) is 0. The molecule has 0 spiro atoms. The lowest BCUT2D eigenvalue weighted by atomic mass is 10.1. The predicted octanol–water partition coefficient (Wildman–Crippen LogP) is 0.682. The Morgan fingerprint density at radius 1 is 1.36 bits per heavy atom. The molecule has 11 heavy (non-hydrogen) atoms. The van der Waals surface area contributed by atoms with Crippen LogP contribution in [-0.2, 0) is 0 Å². The molecule has 1 rings (SSSR count). The molecule has 0 saturated carbocycles. The van der Waals surface area contributed by atoms with E-state index in [-0.39, 0.29) is 0 Å². The van der Waals surface area contributed by atoms with Crippen molar-refractivity contribution in [3.8, 4) is 0 Å². The summed E-state index contributed by atoms with van der Waals surface area (Å²) in [5.41, 5.74) is 2.16. The third-order valence-electron chi connectivity index (χ3n) is 1.50. The Labute approximate surface area is 65.3 Å². The number of aryl methyl sites for hydroxylation is 2. The number of rotatable bonds is 1. The molecule has 0 aliphatic rings. The first-order chi connectivity index (χ1) is 5.11. The van der Waals surface area contributed by atoms with E-state index >= 15 is 0 Å². The van der Waals surface area contributed by atoms with Gasteiger partial charge < -0.3 is 10.2 Å². The summed E-state index contributed by atoms with van der Waals surface area (Å²) >= 11 is 0. The van der Waals surface area contributed by atoms with Crippen molar-refractivity contribution in [1.82, 2.24) is 4.98 Å². The molecule has 0 bridgehead atoms. The van der Waals surface area contributed by atoms with Crippen molar-refractivity contribution in [3.05, 3.63) is 29.1 Å². The minimum atomic E-state index is -1.46. The minimum absolute atomic E-state index is 0.329. The molecule has 2 N–H and O–H groups in total. The van der Waals surface area contributed by atoms with E-state index in [1.165, 1.54) is 0 Å². The van der Waals surface area contributed by atoms with Crippen LogP contribution in [0.3, 0.4) is 0 Å². The highest BCUT2D eigenvalue weighted by Crippen LogP contribution is 2.12. The van der Waals surface area contributed by atoms with Crippen LogP contribution in [0.4, 0.5) is 0 Å². The Morgan fingerprint density at radius 3 is 2.45 bits per heavy atom. The third-order valence-corrected chi connectivity index (χ3v) is 1.50. The maximum Gasteiger partial charge on any atom is 0.196 e. The number of hydrogen-bond donors (Lipinski definition) is 2. The van der Waals surface area contributed by atoms with Crippen LogP contribution in [0.25, 0.3) is 0 Å². The van der Waals surface area contributed by atoms with E-state index in [9.17, 15) is 0 Å². The molecule has 1 heterocycles. The second-order valence-electron chi connectivity index (χ2n) is 2.59. The zero-order chi connectivity index (χ0) is 8.43. The fourth-order valence-electron chi connectivity index (χ4n) is 0.996. The smallest absolute Gasteiger partial charge is 0.196 e. The van der Waals surface area contributed by atoms with Crippen LogP contribution in [-0.4, -0.2) is 15.2 Å². The normalized spacial score (nSPS) is 10.6. The van der Waals surface area contributed by atoms with Gasteiger partial charge in [-0.05, 0) is 25.0 Å². The van der Waals surface area contributed by atoms with Crippen LogP contribution < -0.4 is 0 Å². The molecule has 1 aromatic heterocycles. The monoisotopic (exact) mass is 153 g/mol. The van der Waals surface area contributed by atoms with E-state index in [0.29, 0.717) is 5.69 Å². The molecule has 0 aliphatic heterocycles. The zero-order valence-corrected chi connectivity index (χ0v) is 6.57. The summed E-state index contributed by atoms with van der Waals surface area (Å²) in [4.78, 5) is 3.88. The molecule has 0 fully saturated rings. The highest BCUT2D eigenvalue weighted by atomic mass is 16.5. The van der Waals surface area contributed by atoms with E-state index < -0.39 is 6.29 Å². The van der Waals surface area contributed by atoms with Crippen LogP contribution in [0.1, 0.15) is 23.1 Å². The number of aliphatic hydroxyl groups excluding tert-OH is 1. The van der Waals surface area contributed by atoms with Gasteiger partial charge in [-0.15, -0.1) is 0 Å². The van der Waals surface area contributed by atoms with Gasteiger partial charge in [0.15, 0.2) is 6.29 Å². The lowest BCUT2D eigenvalue weighted by Crippen LogP contribution is -2.01. The molecule has 3 heteroatoms. The van der Waals surface area contributed by atoms with Gasteiger partial charge in [-0.2, -0.15) is 0 Å². The van der Waals surface area contributed by atoms with Crippen LogP contribution in [0.2, 0.25) is 0 Å². The molecule has 0 saturated heterocycles. The lowest BCUT2D eigenvalue weighted by molar-refractivity contribution is -0.0463. The first kappa shape index (κ1) is 8.17. The van der Waals surface area contributed by atoms with Gasteiger partial charge in [0, 0.05) is 6.20 Å². The molecule has 1 aromatic rings. The first-order valence-corrected chi connectivity index (χ1v) is 3.40. The Hall–Kier alpha value is -0.930. The maximum atomic E-state index is 8.79. The lowest BCUT2D eigenvalue weighted by Gasteiger charge is -2.06. The molecule has 0 aromatic carbocycles. The third kappa shape index (κ3) is 1.76. The van der Waals surface area contributed by atoms with E-state index in [2.05, 4.69) is 4.98 Å². The fraction of sp³-hybridized carbons (Fsp3) is 0.375. The first-order valence-electron chi connectivity index (χ1n) is 3.40. The maximum absolute atomic E-state index is 8.79. The average Bonchev–Trinajstić information content (AvgIpc) is 1.85. The van der Waals surface area contributed by atoms with Crippen molar-refractivity contribution in [1.29, 1.82) is 0 Å². The summed E-state index contributed by atoms with van der Waals surface area (Å²) in [6.07, 6.45) is 0.150. The van der Waals surface area contributed by atoms with Gasteiger partial charge in [0.1, 0.15) is 0 Å². The highest BCUT2D eigenvalue weighted by molar-refractivity contribution is 5.23. The number of pyridine rings is 1. The predicted molar refractivity (Wildman–Crippen MR) is 40.9 cm³/mol. The van der Waals surface area contributed by atoms with Crippen LogP contribution >= 0.6 is 0 Å². The Kier molecular flexibility index (Phi) is 2.22. The van der Waals surface area contributed by atoms with E-state index in [1.807, 2.05) is 13.0 Å². The SMILES string of the molecule is Cc1cnc(C(O)O)c(C)c1. The molecule has 60 valence electrons. The fourth-order valence-corrected chi connectivity index (χ4v) is 0.996. The van der Waals surface area contributed by atoms with Crippen molar-refractivity contribution in [2.75, 3.05) is 0 Å². The summed E-state index contributed by atoms with van der Waals surface area (Å²) in [6, 6.07) is 1.86. The van der Waals surface area contributed by atoms with Crippen molar-refractivity contribution < 1.29 is 10.2 Å². The zero-order valence-electron chi connectivity index (χ0n) is 6.57. The molecule has 0 atom stereocenters. The van der Waals surface area contributed by atoms with Gasteiger partial charge in [0.2, 0.25) is 0 Å². The molecule has 3 nitrogen and oxygen atoms in total. The van der Waals surface area contributed by atoms with Crippen LogP contribution in [0.5, 0.6) is 0 Å². The van der Waals surface area contributed by atoms with Gasteiger partial charge >= 0.3 is 0 Å². The van der Waals surface area contributed by atoms with Crippen molar-refractivity contribution in [2.24, 2.45) is 0 Å². The highest BCUT2D eigenvalue weighted by Gasteiger charge is 2.06. The van der Waals surface area contributed by atoms with Gasteiger partial charge in [-0.1, -0.05) is 6.07 Å². The average molecular weight is 153 g/mol. The molecular formula is C8H11NO2. The number of hydrogen-bond acceptors (Lipinski definition) is 3. The van der Waals surface area contributed by atoms with Crippen LogP contribution in [0, 0.1) is 13.8 Å². The Morgan fingerprint density at radius 2 is 2.00 bits per heavy atom. The standard InChI is InChI=1S/C8H11NO2/c1-5-3-6(2)7(8(10)11)9-4-5/h3-4,8,10-11H,1-2H3. The van der Waals surface area contributed by atoms with E-state index in [4.69, 9.17) is 10.2 Å².